The lowest BCUT2D eigenvalue weighted by Crippen LogP contribution is -2.19. The summed E-state index contributed by atoms with van der Waals surface area (Å²) in [6.45, 7) is 0. The maximum Gasteiger partial charge on any atom is 0.325 e. The standard InChI is InChI=1S/C20H19ClN4O3S/c1-28-17-8-5-14(6-9-17)22-18(26)10-7-16-12-29-20(24-16)25-19(27)23-15-4-2-3-13(21)11-15/h2-6,8-9,11-12H,7,10H2,1H3,(H,22,26)(H2,23,24,25,27). The lowest BCUT2D eigenvalue weighted by molar-refractivity contribution is -0.116. The first kappa shape index (κ1) is 20.6. The third-order valence-electron chi connectivity index (χ3n) is 3.84. The molecule has 3 N–H and O–H groups in total. The van der Waals surface area contributed by atoms with Crippen LogP contribution in [0, 0.1) is 0 Å². The summed E-state index contributed by atoms with van der Waals surface area (Å²) in [5, 5.41) is 11.0. The van der Waals surface area contributed by atoms with Crippen molar-refractivity contribution in [1.82, 2.24) is 4.98 Å². The van der Waals surface area contributed by atoms with Gasteiger partial charge in [-0.3, -0.25) is 10.1 Å². The normalized spacial score (nSPS) is 10.3. The number of amides is 3. The van der Waals surface area contributed by atoms with Crippen molar-refractivity contribution in [2.24, 2.45) is 0 Å². The monoisotopic (exact) mass is 430 g/mol. The van der Waals surface area contributed by atoms with Crippen molar-refractivity contribution in [3.63, 3.8) is 0 Å². The van der Waals surface area contributed by atoms with Crippen LogP contribution in [0.2, 0.25) is 5.02 Å². The molecule has 150 valence electrons. The summed E-state index contributed by atoms with van der Waals surface area (Å²) >= 11 is 7.19. The number of nitrogens with zero attached hydrogens (tertiary/aromatic N) is 1. The predicted octanol–water partition coefficient (Wildman–Crippen LogP) is 5.02. The van der Waals surface area contributed by atoms with Crippen molar-refractivity contribution in [1.29, 1.82) is 0 Å². The van der Waals surface area contributed by atoms with Crippen LogP contribution in [0.25, 0.3) is 0 Å². The highest BCUT2D eigenvalue weighted by Gasteiger charge is 2.09. The largest absolute Gasteiger partial charge is 0.497 e. The van der Waals surface area contributed by atoms with E-state index in [2.05, 4.69) is 20.9 Å². The van der Waals surface area contributed by atoms with Crippen LogP contribution >= 0.6 is 22.9 Å². The molecule has 0 aliphatic heterocycles. The lowest BCUT2D eigenvalue weighted by atomic mass is 10.2. The Balaban J connectivity index is 1.45. The number of hydrogen-bond donors (Lipinski definition) is 3. The molecular formula is C20H19ClN4O3S. The number of rotatable bonds is 7. The van der Waals surface area contributed by atoms with Gasteiger partial charge in [-0.2, -0.15) is 0 Å². The second-order valence-electron chi connectivity index (χ2n) is 6.01. The summed E-state index contributed by atoms with van der Waals surface area (Å²) in [6.07, 6.45) is 0.750. The van der Waals surface area contributed by atoms with Gasteiger partial charge in [0.1, 0.15) is 5.75 Å². The van der Waals surface area contributed by atoms with Crippen LogP contribution in [-0.2, 0) is 11.2 Å². The van der Waals surface area contributed by atoms with Crippen molar-refractivity contribution >= 4 is 51.4 Å². The quantitative estimate of drug-likeness (QED) is 0.490. The third kappa shape index (κ3) is 6.48. The molecule has 9 heteroatoms. The predicted molar refractivity (Wildman–Crippen MR) is 116 cm³/mol. The topological polar surface area (TPSA) is 92.4 Å². The SMILES string of the molecule is COc1ccc(NC(=O)CCc2csc(NC(=O)Nc3cccc(Cl)c3)n2)cc1. The van der Waals surface area contributed by atoms with Gasteiger partial charge in [0.05, 0.1) is 12.8 Å². The highest BCUT2D eigenvalue weighted by atomic mass is 35.5. The highest BCUT2D eigenvalue weighted by Crippen LogP contribution is 2.19. The second kappa shape index (κ2) is 9.90. The Morgan fingerprint density at radius 2 is 1.86 bits per heavy atom. The van der Waals surface area contributed by atoms with Gasteiger partial charge in [-0.15, -0.1) is 11.3 Å². The smallest absolute Gasteiger partial charge is 0.325 e. The molecule has 0 fully saturated rings. The fourth-order valence-corrected chi connectivity index (χ4v) is 3.37. The van der Waals surface area contributed by atoms with Crippen LogP contribution in [0.15, 0.2) is 53.9 Å². The molecule has 3 amide bonds. The molecule has 0 bridgehead atoms. The first-order chi connectivity index (χ1) is 14.0. The van der Waals surface area contributed by atoms with Gasteiger partial charge in [0, 0.05) is 28.2 Å². The van der Waals surface area contributed by atoms with E-state index in [1.165, 1.54) is 11.3 Å². The van der Waals surface area contributed by atoms with E-state index in [4.69, 9.17) is 16.3 Å². The maximum atomic E-state index is 12.1. The van der Waals surface area contributed by atoms with Crippen LogP contribution in [0.1, 0.15) is 12.1 Å². The van der Waals surface area contributed by atoms with Crippen molar-refractivity contribution in [3.05, 3.63) is 64.6 Å². The molecule has 0 atom stereocenters. The number of urea groups is 1. The molecule has 0 spiro atoms. The number of anilines is 3. The molecule has 0 saturated heterocycles. The third-order valence-corrected chi connectivity index (χ3v) is 4.88. The second-order valence-corrected chi connectivity index (χ2v) is 7.30. The van der Waals surface area contributed by atoms with E-state index in [0.717, 1.165) is 11.4 Å². The van der Waals surface area contributed by atoms with Gasteiger partial charge in [-0.25, -0.2) is 9.78 Å². The molecule has 3 aromatic rings. The Morgan fingerprint density at radius 1 is 1.07 bits per heavy atom. The molecule has 0 unspecified atom stereocenters. The zero-order chi connectivity index (χ0) is 20.6. The Hall–Kier alpha value is -3.10. The van der Waals surface area contributed by atoms with Crippen LogP contribution < -0.4 is 20.7 Å². The molecule has 1 aromatic heterocycles. The van der Waals surface area contributed by atoms with Gasteiger partial charge in [-0.05, 0) is 48.9 Å². The minimum atomic E-state index is -0.412. The zero-order valence-electron chi connectivity index (χ0n) is 15.6. The van der Waals surface area contributed by atoms with Gasteiger partial charge >= 0.3 is 6.03 Å². The number of carbonyl (C=O) groups is 2. The Morgan fingerprint density at radius 3 is 2.59 bits per heavy atom. The Kier molecular flexibility index (Phi) is 7.04. The van der Waals surface area contributed by atoms with Gasteiger partial charge in [0.2, 0.25) is 5.91 Å². The fourth-order valence-electron chi connectivity index (χ4n) is 2.44. The number of hydrogen-bond acceptors (Lipinski definition) is 5. The average Bonchev–Trinajstić information content (AvgIpc) is 3.14. The highest BCUT2D eigenvalue weighted by molar-refractivity contribution is 7.13. The summed E-state index contributed by atoms with van der Waals surface area (Å²) in [5.41, 5.74) is 2.02. The summed E-state index contributed by atoms with van der Waals surface area (Å²) in [4.78, 5) is 28.5. The number of methoxy groups -OCH3 is 1. The van der Waals surface area contributed by atoms with Gasteiger partial charge in [0.25, 0.3) is 0 Å². The summed E-state index contributed by atoms with van der Waals surface area (Å²) < 4.78 is 5.09. The number of halogens is 1. The van der Waals surface area contributed by atoms with Gasteiger partial charge in [-0.1, -0.05) is 17.7 Å². The Bertz CT molecular complexity index is 991. The number of thiazole rings is 1. The van der Waals surface area contributed by atoms with Crippen molar-refractivity contribution < 1.29 is 14.3 Å². The molecule has 0 aliphatic rings. The minimum absolute atomic E-state index is 0.114. The lowest BCUT2D eigenvalue weighted by Gasteiger charge is -2.06. The van der Waals surface area contributed by atoms with E-state index >= 15 is 0 Å². The zero-order valence-corrected chi connectivity index (χ0v) is 17.1. The molecule has 29 heavy (non-hydrogen) atoms. The van der Waals surface area contributed by atoms with E-state index in [0.29, 0.717) is 27.9 Å². The first-order valence-corrected chi connectivity index (χ1v) is 9.99. The van der Waals surface area contributed by atoms with Crippen LogP contribution in [-0.4, -0.2) is 24.0 Å². The van der Waals surface area contributed by atoms with Crippen LogP contribution in [0.3, 0.4) is 0 Å². The van der Waals surface area contributed by atoms with E-state index in [1.54, 1.807) is 55.6 Å². The average molecular weight is 431 g/mol. The number of nitrogens with one attached hydrogen (secondary N) is 3. The molecule has 0 radical (unpaired) electrons. The molecule has 0 saturated carbocycles. The van der Waals surface area contributed by atoms with E-state index < -0.39 is 6.03 Å². The Labute approximate surface area is 177 Å². The maximum absolute atomic E-state index is 12.1. The molecule has 0 aliphatic carbocycles. The van der Waals surface area contributed by atoms with Gasteiger partial charge < -0.3 is 15.4 Å². The van der Waals surface area contributed by atoms with Crippen molar-refractivity contribution in [2.45, 2.75) is 12.8 Å². The van der Waals surface area contributed by atoms with Crippen molar-refractivity contribution in [2.75, 3.05) is 23.1 Å². The summed E-state index contributed by atoms with van der Waals surface area (Å²) in [5.74, 6) is 0.612. The number of benzene rings is 2. The van der Waals surface area contributed by atoms with Gasteiger partial charge in [0.15, 0.2) is 5.13 Å². The van der Waals surface area contributed by atoms with E-state index in [1.807, 2.05) is 5.38 Å². The minimum Gasteiger partial charge on any atom is -0.497 e. The molecular weight excluding hydrogens is 412 g/mol. The van der Waals surface area contributed by atoms with E-state index in [9.17, 15) is 9.59 Å². The number of ether oxygens (including phenoxy) is 1. The molecule has 7 nitrogen and oxygen atoms in total. The summed E-state index contributed by atoms with van der Waals surface area (Å²) in [7, 11) is 1.59. The first-order valence-electron chi connectivity index (χ1n) is 8.74. The van der Waals surface area contributed by atoms with E-state index in [-0.39, 0.29) is 12.3 Å². The number of aryl methyl sites for hydroxylation is 1. The number of carbonyl (C=O) groups excluding carboxylic acids is 2. The van der Waals surface area contributed by atoms with Crippen LogP contribution in [0.4, 0.5) is 21.3 Å². The fraction of sp³-hybridized carbons (Fsp3) is 0.150. The number of aromatic nitrogens is 1. The molecule has 1 heterocycles. The molecule has 3 rings (SSSR count). The van der Waals surface area contributed by atoms with Crippen LogP contribution in [0.5, 0.6) is 5.75 Å². The summed E-state index contributed by atoms with van der Waals surface area (Å²) in [6, 6.07) is 13.6. The molecule has 2 aromatic carbocycles. The van der Waals surface area contributed by atoms with Crippen molar-refractivity contribution in [3.8, 4) is 5.75 Å².